The van der Waals surface area contributed by atoms with E-state index in [0.29, 0.717) is 19.6 Å². The Labute approximate surface area is 137 Å². The summed E-state index contributed by atoms with van der Waals surface area (Å²) in [5.74, 6) is 0. The van der Waals surface area contributed by atoms with Gasteiger partial charge < -0.3 is 0 Å². The first-order valence-corrected chi connectivity index (χ1v) is 8.75. The van der Waals surface area contributed by atoms with Crippen LogP contribution in [0.5, 0.6) is 0 Å². The molecule has 0 aliphatic heterocycles. The van der Waals surface area contributed by atoms with Crippen LogP contribution in [0.3, 0.4) is 0 Å². The molecule has 0 unspecified atom stereocenters. The van der Waals surface area contributed by atoms with Gasteiger partial charge in [-0.25, -0.2) is 4.18 Å². The van der Waals surface area contributed by atoms with Crippen LogP contribution >= 0.6 is 0 Å². The number of hydrogen-bond donors (Lipinski definition) is 1. The minimum atomic E-state index is -4.44. The number of benzene rings is 2. The molecule has 0 aromatic heterocycles. The van der Waals surface area contributed by atoms with Crippen molar-refractivity contribution in [3.05, 3.63) is 71.8 Å². The first-order chi connectivity index (χ1) is 10.9. The van der Waals surface area contributed by atoms with Crippen molar-refractivity contribution in [1.29, 1.82) is 0 Å². The first-order valence-electron chi connectivity index (χ1n) is 7.38. The minimum absolute atomic E-state index is 0.379. The lowest BCUT2D eigenvalue weighted by molar-refractivity contribution is 0.128. The molecule has 0 amide bonds. The minimum Gasteiger partial charge on any atom is -0.292 e. The Kier molecular flexibility index (Phi) is 6.29. The van der Waals surface area contributed by atoms with Crippen LogP contribution < -0.4 is 0 Å². The van der Waals surface area contributed by atoms with E-state index < -0.39 is 16.5 Å². The lowest BCUT2D eigenvalue weighted by atomic mass is 10.1. The standard InChI is InChI=1S/C17H21NO4S/c1-15(22-23(19,20)21)12-18(13-16-8-4-2-5-9-16)14-17-10-6-3-7-11-17/h2-11,15H,12-14H2,1H3,(H,19,20,21)/t15-/m1/s1. The molecule has 5 nitrogen and oxygen atoms in total. The fourth-order valence-corrected chi connectivity index (χ4v) is 2.95. The lowest BCUT2D eigenvalue weighted by Gasteiger charge is -2.25. The molecular formula is C17H21NO4S. The molecule has 0 bridgehead atoms. The smallest absolute Gasteiger partial charge is 0.292 e. The average molecular weight is 335 g/mol. The summed E-state index contributed by atoms with van der Waals surface area (Å²) in [6.45, 7) is 3.32. The summed E-state index contributed by atoms with van der Waals surface area (Å²) in [5, 5.41) is 0. The van der Waals surface area contributed by atoms with Gasteiger partial charge in [0.1, 0.15) is 0 Å². The predicted octanol–water partition coefficient (Wildman–Crippen LogP) is 2.90. The molecule has 2 rings (SSSR count). The molecule has 6 heteroatoms. The Balaban J connectivity index is 2.07. The van der Waals surface area contributed by atoms with E-state index in [-0.39, 0.29) is 0 Å². The van der Waals surface area contributed by atoms with Gasteiger partial charge in [-0.2, -0.15) is 8.42 Å². The summed E-state index contributed by atoms with van der Waals surface area (Å²) in [7, 11) is -4.44. The van der Waals surface area contributed by atoms with Crippen LogP contribution in [0.15, 0.2) is 60.7 Å². The zero-order valence-corrected chi connectivity index (χ0v) is 13.8. The van der Waals surface area contributed by atoms with Crippen molar-refractivity contribution in [2.45, 2.75) is 26.1 Å². The average Bonchev–Trinajstić information content (AvgIpc) is 2.47. The molecule has 124 valence electrons. The summed E-state index contributed by atoms with van der Waals surface area (Å²) >= 11 is 0. The van der Waals surface area contributed by atoms with Crippen LogP contribution in [-0.4, -0.2) is 30.5 Å². The third-order valence-electron chi connectivity index (χ3n) is 3.30. The predicted molar refractivity (Wildman–Crippen MR) is 89.1 cm³/mol. The van der Waals surface area contributed by atoms with Gasteiger partial charge >= 0.3 is 10.4 Å². The van der Waals surface area contributed by atoms with Crippen LogP contribution in [0.25, 0.3) is 0 Å². The molecule has 2 aromatic rings. The van der Waals surface area contributed by atoms with Crippen molar-refractivity contribution in [3.63, 3.8) is 0 Å². The topological polar surface area (TPSA) is 66.8 Å². The van der Waals surface area contributed by atoms with Crippen LogP contribution in [0.1, 0.15) is 18.1 Å². The van der Waals surface area contributed by atoms with E-state index in [9.17, 15) is 8.42 Å². The van der Waals surface area contributed by atoms with Crippen molar-refractivity contribution >= 4 is 10.4 Å². The third kappa shape index (κ3) is 6.92. The van der Waals surface area contributed by atoms with E-state index >= 15 is 0 Å². The molecule has 0 fully saturated rings. The number of rotatable bonds is 8. The Morgan fingerprint density at radius 1 is 0.957 bits per heavy atom. The molecule has 0 saturated carbocycles. The van der Waals surface area contributed by atoms with E-state index in [1.54, 1.807) is 6.92 Å². The van der Waals surface area contributed by atoms with Gasteiger partial charge in [-0.05, 0) is 18.1 Å². The zero-order valence-electron chi connectivity index (χ0n) is 13.0. The Hall–Kier alpha value is -1.73. The Morgan fingerprint density at radius 2 is 1.39 bits per heavy atom. The quantitative estimate of drug-likeness (QED) is 0.751. The van der Waals surface area contributed by atoms with Crippen molar-refractivity contribution in [1.82, 2.24) is 4.90 Å². The van der Waals surface area contributed by atoms with Gasteiger partial charge in [0.15, 0.2) is 0 Å². The van der Waals surface area contributed by atoms with E-state index in [1.165, 1.54) is 0 Å². The maximum absolute atomic E-state index is 10.9. The van der Waals surface area contributed by atoms with Crippen molar-refractivity contribution < 1.29 is 17.2 Å². The van der Waals surface area contributed by atoms with Crippen molar-refractivity contribution in [3.8, 4) is 0 Å². The molecule has 0 radical (unpaired) electrons. The Bertz CT molecular complexity index is 648. The molecule has 0 aliphatic carbocycles. The maximum atomic E-state index is 10.9. The Morgan fingerprint density at radius 3 is 1.78 bits per heavy atom. The highest BCUT2D eigenvalue weighted by Crippen LogP contribution is 2.12. The second kappa shape index (κ2) is 8.21. The lowest BCUT2D eigenvalue weighted by Crippen LogP contribution is -2.32. The largest absolute Gasteiger partial charge is 0.397 e. The molecule has 1 atom stereocenters. The summed E-state index contributed by atoms with van der Waals surface area (Å²) in [6.07, 6.45) is -0.641. The van der Waals surface area contributed by atoms with E-state index in [4.69, 9.17) is 4.55 Å². The molecule has 1 N–H and O–H groups in total. The zero-order chi connectivity index (χ0) is 16.7. The highest BCUT2D eigenvalue weighted by Gasteiger charge is 2.17. The van der Waals surface area contributed by atoms with Crippen LogP contribution in [0, 0.1) is 0 Å². The summed E-state index contributed by atoms with van der Waals surface area (Å²) in [6, 6.07) is 19.9. The summed E-state index contributed by atoms with van der Waals surface area (Å²) in [4.78, 5) is 2.08. The maximum Gasteiger partial charge on any atom is 0.397 e. The van der Waals surface area contributed by atoms with Crippen LogP contribution in [-0.2, 0) is 27.7 Å². The van der Waals surface area contributed by atoms with Gasteiger partial charge in [0.05, 0.1) is 6.10 Å². The van der Waals surface area contributed by atoms with Gasteiger partial charge in [0.2, 0.25) is 0 Å². The SMILES string of the molecule is C[C@H](CN(Cc1ccccc1)Cc1ccccc1)OS(=O)(=O)O. The fraction of sp³-hybridized carbons (Fsp3) is 0.294. The molecular weight excluding hydrogens is 314 g/mol. The normalized spacial score (nSPS) is 13.2. The first kappa shape index (κ1) is 17.6. The van der Waals surface area contributed by atoms with Gasteiger partial charge in [0, 0.05) is 19.6 Å². The number of hydrogen-bond acceptors (Lipinski definition) is 4. The van der Waals surface area contributed by atoms with E-state index in [0.717, 1.165) is 11.1 Å². The molecule has 23 heavy (non-hydrogen) atoms. The van der Waals surface area contributed by atoms with Gasteiger partial charge in [0.25, 0.3) is 0 Å². The highest BCUT2D eigenvalue weighted by molar-refractivity contribution is 7.80. The highest BCUT2D eigenvalue weighted by atomic mass is 32.3. The summed E-state index contributed by atoms with van der Waals surface area (Å²) in [5.41, 5.74) is 2.25. The van der Waals surface area contributed by atoms with Crippen LogP contribution in [0.2, 0.25) is 0 Å². The fourth-order valence-electron chi connectivity index (χ4n) is 2.47. The van der Waals surface area contributed by atoms with E-state index in [2.05, 4.69) is 9.08 Å². The monoisotopic (exact) mass is 335 g/mol. The third-order valence-corrected chi connectivity index (χ3v) is 3.87. The van der Waals surface area contributed by atoms with Gasteiger partial charge in [-0.1, -0.05) is 60.7 Å². The van der Waals surface area contributed by atoms with Gasteiger partial charge in [-0.3, -0.25) is 9.45 Å². The second-order valence-corrected chi connectivity index (χ2v) is 6.52. The van der Waals surface area contributed by atoms with Gasteiger partial charge in [-0.15, -0.1) is 0 Å². The molecule has 0 aliphatic rings. The van der Waals surface area contributed by atoms with Crippen LogP contribution in [0.4, 0.5) is 0 Å². The summed E-state index contributed by atoms with van der Waals surface area (Å²) < 4.78 is 35.2. The molecule has 0 saturated heterocycles. The van der Waals surface area contributed by atoms with Crippen molar-refractivity contribution in [2.75, 3.05) is 6.54 Å². The van der Waals surface area contributed by atoms with E-state index in [1.807, 2.05) is 60.7 Å². The number of nitrogens with zero attached hydrogens (tertiary/aromatic N) is 1. The molecule has 2 aromatic carbocycles. The van der Waals surface area contributed by atoms with Crippen molar-refractivity contribution in [2.24, 2.45) is 0 Å². The molecule has 0 spiro atoms. The molecule has 0 heterocycles. The second-order valence-electron chi connectivity index (χ2n) is 5.48.